The van der Waals surface area contributed by atoms with Gasteiger partial charge in [0.15, 0.2) is 0 Å². The topological polar surface area (TPSA) is 80.9 Å². The number of thioether (sulfide) groups is 1. The summed E-state index contributed by atoms with van der Waals surface area (Å²) in [4.78, 5) is 16.7. The lowest BCUT2D eigenvalue weighted by molar-refractivity contribution is -0.119. The molecule has 0 saturated carbocycles. The van der Waals surface area contributed by atoms with Gasteiger partial charge in [-0.3, -0.25) is 9.78 Å². The van der Waals surface area contributed by atoms with Crippen LogP contribution in [-0.2, 0) is 11.2 Å². The van der Waals surface area contributed by atoms with Gasteiger partial charge in [-0.15, -0.1) is 10.2 Å². The molecule has 0 aliphatic heterocycles. The standard InChI is InChI=1S/C23H20N4O2S/c28-21(16-30-23-27-26-22(29-23)19-12-7-13-24-15-19)25-20(18-10-5-2-6-11-18)14-17-8-3-1-4-9-17/h1-13,15,20H,14,16H2,(H,25,28)/t20-/m1/s1. The molecule has 0 saturated heterocycles. The minimum atomic E-state index is -0.115. The summed E-state index contributed by atoms with van der Waals surface area (Å²) in [5.74, 6) is 0.482. The van der Waals surface area contributed by atoms with Crippen molar-refractivity contribution in [3.05, 3.63) is 96.3 Å². The van der Waals surface area contributed by atoms with Gasteiger partial charge in [0.25, 0.3) is 5.22 Å². The van der Waals surface area contributed by atoms with E-state index >= 15 is 0 Å². The average molecular weight is 417 g/mol. The van der Waals surface area contributed by atoms with Crippen LogP contribution in [0.15, 0.2) is 94.8 Å². The maximum Gasteiger partial charge on any atom is 0.277 e. The second-order valence-corrected chi connectivity index (χ2v) is 7.55. The Morgan fingerprint density at radius 2 is 1.73 bits per heavy atom. The third-order valence-electron chi connectivity index (χ3n) is 4.46. The zero-order chi connectivity index (χ0) is 20.6. The maximum atomic E-state index is 12.6. The van der Waals surface area contributed by atoms with Crippen molar-refractivity contribution < 1.29 is 9.21 Å². The molecule has 1 amide bonds. The molecule has 30 heavy (non-hydrogen) atoms. The van der Waals surface area contributed by atoms with E-state index in [4.69, 9.17) is 4.42 Å². The first-order chi connectivity index (χ1) is 14.8. The first-order valence-electron chi connectivity index (χ1n) is 9.53. The van der Waals surface area contributed by atoms with E-state index in [9.17, 15) is 4.79 Å². The molecule has 1 atom stereocenters. The molecular weight excluding hydrogens is 396 g/mol. The largest absolute Gasteiger partial charge is 0.411 e. The number of carbonyl (C=O) groups excluding carboxylic acids is 1. The van der Waals surface area contributed by atoms with Crippen molar-refractivity contribution >= 4 is 17.7 Å². The number of amides is 1. The van der Waals surface area contributed by atoms with Crippen LogP contribution in [0.4, 0.5) is 0 Å². The van der Waals surface area contributed by atoms with Crippen molar-refractivity contribution in [1.82, 2.24) is 20.5 Å². The van der Waals surface area contributed by atoms with Gasteiger partial charge in [0, 0.05) is 12.4 Å². The second kappa shape index (κ2) is 9.84. The van der Waals surface area contributed by atoms with Crippen LogP contribution in [0.1, 0.15) is 17.2 Å². The highest BCUT2D eigenvalue weighted by Crippen LogP contribution is 2.23. The van der Waals surface area contributed by atoms with E-state index < -0.39 is 0 Å². The average Bonchev–Trinajstić information content (AvgIpc) is 3.28. The van der Waals surface area contributed by atoms with Crippen LogP contribution in [0.5, 0.6) is 0 Å². The van der Waals surface area contributed by atoms with Crippen molar-refractivity contribution in [3.63, 3.8) is 0 Å². The maximum absolute atomic E-state index is 12.6. The molecule has 2 heterocycles. The number of rotatable bonds is 8. The van der Waals surface area contributed by atoms with Gasteiger partial charge in [0.1, 0.15) is 0 Å². The molecule has 4 rings (SSSR count). The Bertz CT molecular complexity index is 1070. The van der Waals surface area contributed by atoms with Crippen LogP contribution < -0.4 is 5.32 Å². The number of pyridine rings is 1. The SMILES string of the molecule is O=C(CSc1nnc(-c2cccnc2)o1)N[C@H](Cc1ccccc1)c1ccccc1. The quantitative estimate of drug-likeness (QED) is 0.431. The smallest absolute Gasteiger partial charge is 0.277 e. The van der Waals surface area contributed by atoms with E-state index in [0.29, 0.717) is 17.5 Å². The highest BCUT2D eigenvalue weighted by atomic mass is 32.2. The van der Waals surface area contributed by atoms with Crippen LogP contribution >= 0.6 is 11.8 Å². The number of hydrogen-bond donors (Lipinski definition) is 1. The van der Waals surface area contributed by atoms with Crippen LogP contribution in [0.25, 0.3) is 11.5 Å². The predicted octanol–water partition coefficient (Wildman–Crippen LogP) is 4.32. The second-order valence-electron chi connectivity index (χ2n) is 6.62. The minimum Gasteiger partial charge on any atom is -0.411 e. The van der Waals surface area contributed by atoms with Crippen molar-refractivity contribution in [2.24, 2.45) is 0 Å². The fraction of sp³-hybridized carbons (Fsp3) is 0.130. The lowest BCUT2D eigenvalue weighted by Crippen LogP contribution is -2.31. The van der Waals surface area contributed by atoms with E-state index in [2.05, 4.69) is 32.6 Å². The molecule has 0 aliphatic carbocycles. The van der Waals surface area contributed by atoms with Crippen molar-refractivity contribution in [1.29, 1.82) is 0 Å². The van der Waals surface area contributed by atoms with E-state index in [1.54, 1.807) is 18.5 Å². The number of nitrogens with zero attached hydrogens (tertiary/aromatic N) is 3. The van der Waals surface area contributed by atoms with Gasteiger partial charge >= 0.3 is 0 Å². The first kappa shape index (κ1) is 19.8. The molecule has 6 nitrogen and oxygen atoms in total. The summed E-state index contributed by atoms with van der Waals surface area (Å²) in [5.41, 5.74) is 2.97. The van der Waals surface area contributed by atoms with E-state index in [-0.39, 0.29) is 17.7 Å². The molecule has 7 heteroatoms. The van der Waals surface area contributed by atoms with Crippen molar-refractivity contribution in [3.8, 4) is 11.5 Å². The molecule has 0 bridgehead atoms. The molecular formula is C23H20N4O2S. The van der Waals surface area contributed by atoms with Crippen LogP contribution in [0.2, 0.25) is 0 Å². The van der Waals surface area contributed by atoms with Crippen molar-refractivity contribution in [2.75, 3.05) is 5.75 Å². The molecule has 0 fully saturated rings. The van der Waals surface area contributed by atoms with Gasteiger partial charge in [0.2, 0.25) is 11.8 Å². The molecule has 1 N–H and O–H groups in total. The molecule has 2 aromatic heterocycles. The van der Waals surface area contributed by atoms with Gasteiger partial charge in [-0.05, 0) is 29.7 Å². The van der Waals surface area contributed by atoms with E-state index in [1.165, 1.54) is 11.8 Å². The van der Waals surface area contributed by atoms with Gasteiger partial charge in [0.05, 0.1) is 17.4 Å². The van der Waals surface area contributed by atoms with Gasteiger partial charge in [-0.25, -0.2) is 0 Å². The van der Waals surface area contributed by atoms with E-state index in [1.807, 2.05) is 54.6 Å². The summed E-state index contributed by atoms with van der Waals surface area (Å²) in [6, 6.07) is 23.6. The molecule has 0 unspecified atom stereocenters. The summed E-state index contributed by atoms with van der Waals surface area (Å²) in [5, 5.41) is 11.5. The highest BCUT2D eigenvalue weighted by Gasteiger charge is 2.17. The number of benzene rings is 2. The zero-order valence-corrected chi connectivity index (χ0v) is 17.0. The van der Waals surface area contributed by atoms with Gasteiger partial charge in [-0.1, -0.05) is 72.4 Å². The molecule has 2 aromatic carbocycles. The summed E-state index contributed by atoms with van der Waals surface area (Å²) in [6.45, 7) is 0. The molecule has 4 aromatic rings. The summed E-state index contributed by atoms with van der Waals surface area (Å²) >= 11 is 1.21. The lowest BCUT2D eigenvalue weighted by Gasteiger charge is -2.19. The monoisotopic (exact) mass is 416 g/mol. The third-order valence-corrected chi connectivity index (χ3v) is 5.28. The van der Waals surface area contributed by atoms with E-state index in [0.717, 1.165) is 16.7 Å². The third kappa shape index (κ3) is 5.33. The molecule has 0 aliphatic rings. The molecule has 0 spiro atoms. The Morgan fingerprint density at radius 3 is 2.47 bits per heavy atom. The lowest BCUT2D eigenvalue weighted by atomic mass is 9.99. The fourth-order valence-corrected chi connectivity index (χ4v) is 3.60. The van der Waals surface area contributed by atoms with Gasteiger partial charge < -0.3 is 9.73 Å². The Kier molecular flexibility index (Phi) is 6.51. The predicted molar refractivity (Wildman–Crippen MR) is 116 cm³/mol. The van der Waals surface area contributed by atoms with Crippen LogP contribution in [-0.4, -0.2) is 26.8 Å². The number of hydrogen-bond acceptors (Lipinski definition) is 6. The van der Waals surface area contributed by atoms with Gasteiger partial charge in [-0.2, -0.15) is 0 Å². The first-order valence-corrected chi connectivity index (χ1v) is 10.5. The normalized spacial score (nSPS) is 11.7. The minimum absolute atomic E-state index is 0.0917. The van der Waals surface area contributed by atoms with Crippen LogP contribution in [0.3, 0.4) is 0 Å². The Hall–Kier alpha value is -3.45. The highest BCUT2D eigenvalue weighted by molar-refractivity contribution is 7.99. The summed E-state index contributed by atoms with van der Waals surface area (Å²) < 4.78 is 5.63. The molecule has 150 valence electrons. The number of carbonyl (C=O) groups is 1. The Balaban J connectivity index is 1.39. The number of aromatic nitrogens is 3. The van der Waals surface area contributed by atoms with Crippen molar-refractivity contribution in [2.45, 2.75) is 17.7 Å². The zero-order valence-electron chi connectivity index (χ0n) is 16.1. The number of nitrogens with one attached hydrogen (secondary N) is 1. The molecule has 0 radical (unpaired) electrons. The fourth-order valence-electron chi connectivity index (χ4n) is 3.02. The Labute approximate surface area is 178 Å². The summed E-state index contributed by atoms with van der Waals surface area (Å²) in [7, 11) is 0. The van der Waals surface area contributed by atoms with Crippen LogP contribution in [0, 0.1) is 0 Å². The summed E-state index contributed by atoms with van der Waals surface area (Å²) in [6.07, 6.45) is 4.05. The Morgan fingerprint density at radius 1 is 0.967 bits per heavy atom.